The van der Waals surface area contributed by atoms with Crippen LogP contribution in [0.1, 0.15) is 12.0 Å². The monoisotopic (exact) mass is 424 g/mol. The van der Waals surface area contributed by atoms with E-state index < -0.39 is 0 Å². The number of amides is 1. The number of hydrogen-bond donors (Lipinski definition) is 0. The highest BCUT2D eigenvalue weighted by atomic mass is 32.2. The van der Waals surface area contributed by atoms with E-state index in [1.165, 1.54) is 16.8 Å². The lowest BCUT2D eigenvalue weighted by atomic mass is 10.1. The van der Waals surface area contributed by atoms with Gasteiger partial charge in [-0.25, -0.2) is 5.01 Å². The molecule has 0 radical (unpaired) electrons. The first-order valence-corrected chi connectivity index (χ1v) is 10.3. The Morgan fingerprint density at radius 1 is 1.13 bits per heavy atom. The number of benzene rings is 2. The molecule has 0 fully saturated rings. The highest BCUT2D eigenvalue weighted by Crippen LogP contribution is 2.33. The Labute approximate surface area is 177 Å². The minimum atomic E-state index is -0.104. The highest BCUT2D eigenvalue weighted by molar-refractivity contribution is 7.99. The van der Waals surface area contributed by atoms with Gasteiger partial charge in [0.15, 0.2) is 0 Å². The molecule has 8 nitrogen and oxygen atoms in total. The smallest absolute Gasteiger partial charge is 0.277 e. The molecule has 2 aromatic carbocycles. The molecular formula is C21H20N4O4S. The Bertz CT molecular complexity index is 1070. The van der Waals surface area contributed by atoms with E-state index in [1.54, 1.807) is 32.4 Å². The van der Waals surface area contributed by atoms with E-state index in [1.807, 2.05) is 30.3 Å². The van der Waals surface area contributed by atoms with Crippen LogP contribution in [0.3, 0.4) is 0 Å². The summed E-state index contributed by atoms with van der Waals surface area (Å²) in [5.74, 6) is 1.59. The number of hydrogen-bond acceptors (Lipinski definition) is 8. The first kappa shape index (κ1) is 20.0. The molecular weight excluding hydrogens is 404 g/mol. The SMILES string of the molecule is COc1ccc(-c2nnc(SCC(=O)N3CCC(c4ccccc4)=N3)o2)c(OC)c1. The van der Waals surface area contributed by atoms with Crippen molar-refractivity contribution in [3.63, 3.8) is 0 Å². The summed E-state index contributed by atoms with van der Waals surface area (Å²) in [7, 11) is 3.14. The van der Waals surface area contributed by atoms with Crippen molar-refractivity contribution in [3.05, 3.63) is 54.1 Å². The number of ether oxygens (including phenoxy) is 2. The van der Waals surface area contributed by atoms with Gasteiger partial charge in [-0.1, -0.05) is 42.1 Å². The van der Waals surface area contributed by atoms with Crippen LogP contribution in [-0.4, -0.2) is 53.3 Å². The van der Waals surface area contributed by atoms with Crippen LogP contribution < -0.4 is 9.47 Å². The average Bonchev–Trinajstić information content (AvgIpc) is 3.48. The van der Waals surface area contributed by atoms with Crippen molar-refractivity contribution in [1.82, 2.24) is 15.2 Å². The first-order chi connectivity index (χ1) is 14.7. The van der Waals surface area contributed by atoms with E-state index in [2.05, 4.69) is 15.3 Å². The van der Waals surface area contributed by atoms with Gasteiger partial charge in [0, 0.05) is 12.5 Å². The van der Waals surface area contributed by atoms with Crippen LogP contribution >= 0.6 is 11.8 Å². The summed E-state index contributed by atoms with van der Waals surface area (Å²) in [5.41, 5.74) is 2.61. The fourth-order valence-electron chi connectivity index (χ4n) is 3.02. The number of aromatic nitrogens is 2. The van der Waals surface area contributed by atoms with Crippen LogP contribution in [0.4, 0.5) is 0 Å². The molecule has 0 spiro atoms. The predicted molar refractivity (Wildman–Crippen MR) is 113 cm³/mol. The Balaban J connectivity index is 1.39. The maximum Gasteiger partial charge on any atom is 0.277 e. The summed E-state index contributed by atoms with van der Waals surface area (Å²) in [5, 5.41) is 14.4. The third kappa shape index (κ3) is 4.30. The molecule has 0 bridgehead atoms. The number of methoxy groups -OCH3 is 2. The van der Waals surface area contributed by atoms with Gasteiger partial charge in [-0.3, -0.25) is 4.79 Å². The Morgan fingerprint density at radius 3 is 2.73 bits per heavy atom. The zero-order valence-corrected chi connectivity index (χ0v) is 17.4. The van der Waals surface area contributed by atoms with Crippen molar-refractivity contribution in [3.8, 4) is 23.0 Å². The summed E-state index contributed by atoms with van der Waals surface area (Å²) >= 11 is 1.18. The second-order valence-corrected chi connectivity index (χ2v) is 7.33. The topological polar surface area (TPSA) is 90.1 Å². The summed E-state index contributed by atoms with van der Waals surface area (Å²) in [6.45, 7) is 0.571. The fraction of sp³-hybridized carbons (Fsp3) is 0.238. The second kappa shape index (κ2) is 9.00. The molecule has 30 heavy (non-hydrogen) atoms. The summed E-state index contributed by atoms with van der Waals surface area (Å²) in [6, 6.07) is 15.2. The average molecular weight is 424 g/mol. The van der Waals surface area contributed by atoms with E-state index in [9.17, 15) is 4.79 Å². The number of hydrazone groups is 1. The van der Waals surface area contributed by atoms with Gasteiger partial charge in [0.2, 0.25) is 0 Å². The molecule has 0 aliphatic carbocycles. The molecule has 9 heteroatoms. The van der Waals surface area contributed by atoms with E-state index in [-0.39, 0.29) is 11.7 Å². The minimum absolute atomic E-state index is 0.104. The Hall–Kier alpha value is -3.33. The van der Waals surface area contributed by atoms with Crippen molar-refractivity contribution in [2.24, 2.45) is 5.10 Å². The molecule has 1 aromatic heterocycles. The summed E-state index contributed by atoms with van der Waals surface area (Å²) in [6.07, 6.45) is 0.738. The molecule has 0 saturated heterocycles. The van der Waals surface area contributed by atoms with Crippen molar-refractivity contribution in [2.75, 3.05) is 26.5 Å². The van der Waals surface area contributed by atoms with Crippen molar-refractivity contribution >= 4 is 23.4 Å². The standard InChI is InChI=1S/C21H20N4O4S/c1-27-15-8-9-16(18(12-15)28-2)20-22-23-21(29-20)30-13-19(26)25-11-10-17(24-25)14-6-4-3-5-7-14/h3-9,12H,10-11,13H2,1-2H3. The molecule has 2 heterocycles. The van der Waals surface area contributed by atoms with Crippen LogP contribution in [0.25, 0.3) is 11.5 Å². The van der Waals surface area contributed by atoms with Crippen LogP contribution in [-0.2, 0) is 4.79 Å². The van der Waals surface area contributed by atoms with Gasteiger partial charge < -0.3 is 13.9 Å². The number of rotatable bonds is 7. The van der Waals surface area contributed by atoms with Crippen molar-refractivity contribution < 1.29 is 18.7 Å². The Kier molecular flexibility index (Phi) is 5.99. The van der Waals surface area contributed by atoms with Gasteiger partial charge in [-0.15, -0.1) is 10.2 Å². The van der Waals surface area contributed by atoms with Gasteiger partial charge in [-0.05, 0) is 17.7 Å². The molecule has 154 valence electrons. The number of carbonyl (C=O) groups excluding carboxylic acids is 1. The molecule has 4 rings (SSSR count). The van der Waals surface area contributed by atoms with Crippen LogP contribution in [0, 0.1) is 0 Å². The molecule has 1 aliphatic heterocycles. The zero-order chi connectivity index (χ0) is 20.9. The first-order valence-electron chi connectivity index (χ1n) is 9.30. The lowest BCUT2D eigenvalue weighted by Crippen LogP contribution is -2.25. The third-order valence-electron chi connectivity index (χ3n) is 4.56. The number of thioether (sulfide) groups is 1. The Morgan fingerprint density at radius 2 is 1.97 bits per heavy atom. The summed E-state index contributed by atoms with van der Waals surface area (Å²) < 4.78 is 16.3. The molecule has 0 saturated carbocycles. The van der Waals surface area contributed by atoms with Gasteiger partial charge >= 0.3 is 0 Å². The highest BCUT2D eigenvalue weighted by Gasteiger charge is 2.22. The molecule has 3 aromatic rings. The van der Waals surface area contributed by atoms with Gasteiger partial charge in [0.25, 0.3) is 17.0 Å². The minimum Gasteiger partial charge on any atom is -0.497 e. The lowest BCUT2D eigenvalue weighted by Gasteiger charge is -2.09. The molecule has 0 unspecified atom stereocenters. The normalized spacial score (nSPS) is 13.3. The van der Waals surface area contributed by atoms with Gasteiger partial charge in [0.05, 0.1) is 37.8 Å². The number of nitrogens with zero attached hydrogens (tertiary/aromatic N) is 4. The van der Waals surface area contributed by atoms with Crippen LogP contribution in [0.2, 0.25) is 0 Å². The number of carbonyl (C=O) groups is 1. The lowest BCUT2D eigenvalue weighted by molar-refractivity contribution is -0.127. The molecule has 0 N–H and O–H groups in total. The van der Waals surface area contributed by atoms with Crippen LogP contribution in [0.15, 0.2) is 63.3 Å². The second-order valence-electron chi connectivity index (χ2n) is 6.41. The molecule has 1 aliphatic rings. The van der Waals surface area contributed by atoms with Crippen molar-refractivity contribution in [1.29, 1.82) is 0 Å². The van der Waals surface area contributed by atoms with Gasteiger partial charge in [0.1, 0.15) is 11.5 Å². The third-order valence-corrected chi connectivity index (χ3v) is 5.36. The van der Waals surface area contributed by atoms with E-state index in [0.29, 0.717) is 34.7 Å². The maximum atomic E-state index is 12.5. The predicted octanol–water partition coefficient (Wildman–Crippen LogP) is 3.48. The quantitative estimate of drug-likeness (QED) is 0.536. The van der Waals surface area contributed by atoms with Crippen molar-refractivity contribution in [2.45, 2.75) is 11.6 Å². The van der Waals surface area contributed by atoms with Crippen LogP contribution in [0.5, 0.6) is 11.5 Å². The largest absolute Gasteiger partial charge is 0.497 e. The van der Waals surface area contributed by atoms with E-state index >= 15 is 0 Å². The fourth-order valence-corrected chi connectivity index (χ4v) is 3.65. The maximum absolute atomic E-state index is 12.5. The van der Waals surface area contributed by atoms with E-state index in [0.717, 1.165) is 17.7 Å². The molecule has 0 atom stereocenters. The van der Waals surface area contributed by atoms with E-state index in [4.69, 9.17) is 13.9 Å². The zero-order valence-electron chi connectivity index (χ0n) is 16.6. The van der Waals surface area contributed by atoms with Gasteiger partial charge in [-0.2, -0.15) is 5.10 Å². The summed E-state index contributed by atoms with van der Waals surface area (Å²) in [4.78, 5) is 12.5. The molecule has 1 amide bonds.